The minimum absolute atomic E-state index is 0.122. The normalized spacial score (nSPS) is 11.8. The molecule has 4 nitrogen and oxygen atoms in total. The van der Waals surface area contributed by atoms with Gasteiger partial charge in [0.2, 0.25) is 0 Å². The van der Waals surface area contributed by atoms with Crippen LogP contribution in [0.1, 0.15) is 37.9 Å². The Morgan fingerprint density at radius 2 is 1.89 bits per heavy atom. The molecule has 0 radical (unpaired) electrons. The summed E-state index contributed by atoms with van der Waals surface area (Å²) in [6.07, 6.45) is 1.68. The van der Waals surface area contributed by atoms with E-state index in [1.807, 2.05) is 19.9 Å². The van der Waals surface area contributed by atoms with E-state index >= 15 is 0 Å². The standard InChI is InChI=1S/C14H19N3OS/c1-8-11(15)16-13(14(3,4)5)17-12(8)19-10-6-7-18-9(10)2/h6-7H,1-5H3,(H2,15,16,17). The molecule has 102 valence electrons. The number of anilines is 1. The van der Waals surface area contributed by atoms with Gasteiger partial charge in [-0.05, 0) is 19.9 Å². The Morgan fingerprint density at radius 3 is 2.42 bits per heavy atom. The van der Waals surface area contributed by atoms with Crippen molar-refractivity contribution < 1.29 is 4.42 Å². The van der Waals surface area contributed by atoms with Gasteiger partial charge in [-0.25, -0.2) is 9.97 Å². The molecule has 0 amide bonds. The third-order valence-electron chi connectivity index (χ3n) is 2.83. The Hall–Kier alpha value is -1.49. The molecule has 0 fully saturated rings. The Bertz CT molecular complexity index is 599. The number of nitrogen functional groups attached to an aromatic ring is 1. The van der Waals surface area contributed by atoms with Crippen molar-refractivity contribution in [3.63, 3.8) is 0 Å². The fourth-order valence-corrected chi connectivity index (χ4v) is 2.44. The van der Waals surface area contributed by atoms with Crippen LogP contribution in [0.3, 0.4) is 0 Å². The number of nitrogens with zero attached hydrogens (tertiary/aromatic N) is 2. The summed E-state index contributed by atoms with van der Waals surface area (Å²) in [4.78, 5) is 10.1. The topological polar surface area (TPSA) is 64.9 Å². The zero-order valence-electron chi connectivity index (χ0n) is 11.9. The van der Waals surface area contributed by atoms with E-state index in [4.69, 9.17) is 10.2 Å². The average Bonchev–Trinajstić information content (AvgIpc) is 2.69. The fourth-order valence-electron chi connectivity index (χ4n) is 1.53. The van der Waals surface area contributed by atoms with Crippen LogP contribution in [0.25, 0.3) is 0 Å². The van der Waals surface area contributed by atoms with Gasteiger partial charge >= 0.3 is 0 Å². The van der Waals surface area contributed by atoms with Gasteiger partial charge in [-0.15, -0.1) is 0 Å². The summed E-state index contributed by atoms with van der Waals surface area (Å²) in [6.45, 7) is 10.1. The summed E-state index contributed by atoms with van der Waals surface area (Å²) in [6, 6.07) is 1.94. The molecule has 2 N–H and O–H groups in total. The number of aryl methyl sites for hydroxylation is 1. The SMILES string of the molecule is Cc1occc1Sc1nc(C(C)(C)C)nc(N)c1C. The molecule has 0 saturated heterocycles. The maximum Gasteiger partial charge on any atom is 0.137 e. The van der Waals surface area contributed by atoms with Crippen molar-refractivity contribution in [3.8, 4) is 0 Å². The van der Waals surface area contributed by atoms with E-state index < -0.39 is 0 Å². The molecule has 2 aromatic rings. The zero-order valence-corrected chi connectivity index (χ0v) is 12.8. The van der Waals surface area contributed by atoms with Gasteiger partial charge in [0, 0.05) is 11.0 Å². The molecule has 0 spiro atoms. The molecular formula is C14H19N3OS. The Morgan fingerprint density at radius 1 is 1.21 bits per heavy atom. The molecule has 0 aliphatic rings. The van der Waals surface area contributed by atoms with Crippen molar-refractivity contribution in [2.24, 2.45) is 0 Å². The van der Waals surface area contributed by atoms with E-state index in [1.54, 1.807) is 18.0 Å². The van der Waals surface area contributed by atoms with Gasteiger partial charge in [-0.1, -0.05) is 32.5 Å². The second kappa shape index (κ2) is 4.89. The summed E-state index contributed by atoms with van der Waals surface area (Å²) in [7, 11) is 0. The summed E-state index contributed by atoms with van der Waals surface area (Å²) < 4.78 is 5.31. The number of aromatic nitrogens is 2. The molecule has 0 bridgehead atoms. The van der Waals surface area contributed by atoms with Gasteiger partial charge < -0.3 is 10.2 Å². The lowest BCUT2D eigenvalue weighted by Crippen LogP contribution is -2.18. The van der Waals surface area contributed by atoms with Gasteiger partial charge in [-0.2, -0.15) is 0 Å². The van der Waals surface area contributed by atoms with Crippen LogP contribution in [0.4, 0.5) is 5.82 Å². The monoisotopic (exact) mass is 277 g/mol. The lowest BCUT2D eigenvalue weighted by molar-refractivity contribution is 0.526. The lowest BCUT2D eigenvalue weighted by atomic mass is 9.95. The van der Waals surface area contributed by atoms with E-state index in [1.165, 1.54) is 0 Å². The van der Waals surface area contributed by atoms with Gasteiger partial charge in [0.25, 0.3) is 0 Å². The molecule has 2 rings (SSSR count). The molecule has 0 aliphatic heterocycles. The van der Waals surface area contributed by atoms with Crippen molar-refractivity contribution in [1.29, 1.82) is 0 Å². The second-order valence-electron chi connectivity index (χ2n) is 5.56. The Kier molecular flexibility index (Phi) is 3.58. The summed E-state index contributed by atoms with van der Waals surface area (Å²) >= 11 is 1.57. The van der Waals surface area contributed by atoms with Gasteiger partial charge in [0.05, 0.1) is 11.2 Å². The summed E-state index contributed by atoms with van der Waals surface area (Å²) in [5, 5.41) is 0.891. The van der Waals surface area contributed by atoms with E-state index in [-0.39, 0.29) is 5.41 Å². The Balaban J connectivity index is 2.45. The predicted molar refractivity (Wildman–Crippen MR) is 77.4 cm³/mol. The smallest absolute Gasteiger partial charge is 0.137 e. The Labute approximate surface area is 117 Å². The van der Waals surface area contributed by atoms with E-state index in [9.17, 15) is 0 Å². The average molecular weight is 277 g/mol. The third-order valence-corrected chi connectivity index (χ3v) is 4.06. The molecule has 0 atom stereocenters. The first kappa shape index (κ1) is 13.9. The molecule has 0 unspecified atom stereocenters. The van der Waals surface area contributed by atoms with Crippen LogP contribution in [0.2, 0.25) is 0 Å². The number of hydrogen-bond donors (Lipinski definition) is 1. The van der Waals surface area contributed by atoms with Crippen LogP contribution in [-0.2, 0) is 5.41 Å². The van der Waals surface area contributed by atoms with Crippen LogP contribution in [0, 0.1) is 13.8 Å². The molecule has 2 heterocycles. The highest BCUT2D eigenvalue weighted by Crippen LogP contribution is 2.34. The zero-order chi connectivity index (χ0) is 14.2. The number of furan rings is 1. The summed E-state index contributed by atoms with van der Waals surface area (Å²) in [5.74, 6) is 2.20. The maximum atomic E-state index is 6.00. The first-order valence-electron chi connectivity index (χ1n) is 6.15. The van der Waals surface area contributed by atoms with Crippen molar-refractivity contribution in [3.05, 3.63) is 29.5 Å². The van der Waals surface area contributed by atoms with Crippen LogP contribution in [-0.4, -0.2) is 9.97 Å². The second-order valence-corrected chi connectivity index (χ2v) is 6.59. The highest BCUT2D eigenvalue weighted by Gasteiger charge is 2.21. The third kappa shape index (κ3) is 2.92. The lowest BCUT2D eigenvalue weighted by Gasteiger charge is -2.19. The first-order valence-corrected chi connectivity index (χ1v) is 6.97. The first-order chi connectivity index (χ1) is 8.79. The van der Waals surface area contributed by atoms with Crippen molar-refractivity contribution in [2.75, 3.05) is 5.73 Å². The molecule has 0 aromatic carbocycles. The van der Waals surface area contributed by atoms with E-state index in [2.05, 4.69) is 30.7 Å². The van der Waals surface area contributed by atoms with Crippen LogP contribution >= 0.6 is 11.8 Å². The van der Waals surface area contributed by atoms with Crippen molar-refractivity contribution in [2.45, 2.75) is 50.0 Å². The van der Waals surface area contributed by atoms with Crippen LogP contribution in [0.15, 0.2) is 26.7 Å². The number of hydrogen-bond acceptors (Lipinski definition) is 5. The molecule has 5 heteroatoms. The maximum absolute atomic E-state index is 6.00. The fraction of sp³-hybridized carbons (Fsp3) is 0.429. The van der Waals surface area contributed by atoms with Gasteiger partial charge in [0.15, 0.2) is 0 Å². The molecule has 0 aliphatic carbocycles. The number of rotatable bonds is 2. The minimum Gasteiger partial charge on any atom is -0.468 e. The largest absolute Gasteiger partial charge is 0.468 e. The van der Waals surface area contributed by atoms with Crippen molar-refractivity contribution in [1.82, 2.24) is 9.97 Å². The molecule has 2 aromatic heterocycles. The number of nitrogens with two attached hydrogens (primary N) is 1. The van der Waals surface area contributed by atoms with Crippen molar-refractivity contribution >= 4 is 17.6 Å². The van der Waals surface area contributed by atoms with Gasteiger partial charge in [-0.3, -0.25) is 0 Å². The predicted octanol–water partition coefficient (Wildman–Crippen LogP) is 3.72. The summed E-state index contributed by atoms with van der Waals surface area (Å²) in [5.41, 5.74) is 6.79. The minimum atomic E-state index is -0.122. The van der Waals surface area contributed by atoms with Crippen LogP contribution < -0.4 is 5.73 Å². The van der Waals surface area contributed by atoms with E-state index in [0.717, 1.165) is 27.1 Å². The highest BCUT2D eigenvalue weighted by atomic mass is 32.2. The molecular weight excluding hydrogens is 258 g/mol. The van der Waals surface area contributed by atoms with Crippen LogP contribution in [0.5, 0.6) is 0 Å². The molecule has 0 saturated carbocycles. The highest BCUT2D eigenvalue weighted by molar-refractivity contribution is 7.99. The van der Waals surface area contributed by atoms with E-state index in [0.29, 0.717) is 5.82 Å². The van der Waals surface area contributed by atoms with Gasteiger partial charge in [0.1, 0.15) is 22.4 Å². The molecule has 19 heavy (non-hydrogen) atoms. The quantitative estimate of drug-likeness (QED) is 0.847.